The number of hydrogen-bond donors (Lipinski definition) is 2. The summed E-state index contributed by atoms with van der Waals surface area (Å²) in [5.74, 6) is 6.02. The van der Waals surface area contributed by atoms with Crippen LogP contribution in [0.3, 0.4) is 0 Å². The van der Waals surface area contributed by atoms with Crippen molar-refractivity contribution < 1.29 is 14.6 Å². The molecular weight excluding hydrogens is 286 g/mol. The van der Waals surface area contributed by atoms with Gasteiger partial charge in [-0.15, -0.1) is 11.3 Å². The fourth-order valence-corrected chi connectivity index (χ4v) is 2.50. The maximum atomic E-state index is 12.0. The van der Waals surface area contributed by atoms with Gasteiger partial charge in [-0.2, -0.15) is 0 Å². The summed E-state index contributed by atoms with van der Waals surface area (Å²) in [5.41, 5.74) is 0.590. The van der Waals surface area contributed by atoms with E-state index >= 15 is 0 Å². The Hall–Kier alpha value is -2.29. The minimum atomic E-state index is -0.151. The second-order valence-electron chi connectivity index (χ2n) is 4.14. The maximum absolute atomic E-state index is 12.0. The van der Waals surface area contributed by atoms with Crippen molar-refractivity contribution in [1.29, 1.82) is 0 Å². The highest BCUT2D eigenvalue weighted by Crippen LogP contribution is 2.16. The van der Waals surface area contributed by atoms with Crippen LogP contribution in [0, 0.1) is 11.8 Å². The van der Waals surface area contributed by atoms with Crippen LogP contribution in [-0.2, 0) is 6.54 Å². The second-order valence-corrected chi connectivity index (χ2v) is 5.31. The number of benzene rings is 1. The molecule has 1 aromatic heterocycles. The molecule has 0 aliphatic heterocycles. The highest BCUT2D eigenvalue weighted by atomic mass is 32.1. The molecule has 0 saturated carbocycles. The van der Waals surface area contributed by atoms with Gasteiger partial charge in [0.15, 0.2) is 0 Å². The fraction of sp³-hybridized carbons (Fsp3) is 0.188. The standard InChI is InChI=1S/C16H15NO3S/c1-20-13-6-4-12(5-7-13)16(19)17-11-15-9-8-14(21-15)3-2-10-18/h4-9,18H,10-11H2,1H3,(H,17,19). The molecule has 2 N–H and O–H groups in total. The van der Waals surface area contributed by atoms with Gasteiger partial charge in [-0.05, 0) is 36.4 Å². The van der Waals surface area contributed by atoms with Crippen LogP contribution in [0.1, 0.15) is 20.1 Å². The Labute approximate surface area is 127 Å². The fourth-order valence-electron chi connectivity index (χ4n) is 1.68. The van der Waals surface area contributed by atoms with Crippen molar-refractivity contribution in [2.75, 3.05) is 13.7 Å². The van der Waals surface area contributed by atoms with Crippen molar-refractivity contribution in [3.05, 3.63) is 51.7 Å². The number of nitrogens with one attached hydrogen (secondary N) is 1. The van der Waals surface area contributed by atoms with Gasteiger partial charge in [-0.1, -0.05) is 11.8 Å². The van der Waals surface area contributed by atoms with Crippen LogP contribution in [0.2, 0.25) is 0 Å². The van der Waals surface area contributed by atoms with E-state index in [1.165, 1.54) is 11.3 Å². The number of aliphatic hydroxyl groups excluding tert-OH is 1. The number of rotatable bonds is 4. The number of ether oxygens (including phenoxy) is 1. The van der Waals surface area contributed by atoms with E-state index in [9.17, 15) is 4.79 Å². The van der Waals surface area contributed by atoms with Crippen LogP contribution in [0.15, 0.2) is 36.4 Å². The van der Waals surface area contributed by atoms with E-state index in [1.807, 2.05) is 12.1 Å². The molecule has 0 spiro atoms. The molecule has 108 valence electrons. The van der Waals surface area contributed by atoms with Gasteiger partial charge < -0.3 is 15.2 Å². The molecule has 0 saturated heterocycles. The van der Waals surface area contributed by atoms with Crippen molar-refractivity contribution in [1.82, 2.24) is 5.32 Å². The molecule has 2 aromatic rings. The molecule has 0 atom stereocenters. The molecule has 0 aliphatic carbocycles. The van der Waals surface area contributed by atoms with E-state index in [4.69, 9.17) is 9.84 Å². The minimum absolute atomic E-state index is 0.131. The van der Waals surface area contributed by atoms with Crippen molar-refractivity contribution in [2.45, 2.75) is 6.54 Å². The smallest absolute Gasteiger partial charge is 0.251 e. The number of carbonyl (C=O) groups excluding carboxylic acids is 1. The van der Waals surface area contributed by atoms with E-state index in [1.54, 1.807) is 31.4 Å². The molecule has 0 fully saturated rings. The molecule has 5 heteroatoms. The molecule has 2 rings (SSSR count). The maximum Gasteiger partial charge on any atom is 0.251 e. The van der Waals surface area contributed by atoms with E-state index < -0.39 is 0 Å². The summed E-state index contributed by atoms with van der Waals surface area (Å²) >= 11 is 1.50. The van der Waals surface area contributed by atoms with Crippen LogP contribution in [0.25, 0.3) is 0 Å². The Morgan fingerprint density at radius 2 is 2.05 bits per heavy atom. The average molecular weight is 301 g/mol. The Kier molecular flexibility index (Phi) is 5.38. The molecule has 0 radical (unpaired) electrons. The Balaban J connectivity index is 1.92. The molecule has 0 aliphatic rings. The zero-order valence-electron chi connectivity index (χ0n) is 11.6. The van der Waals surface area contributed by atoms with Crippen molar-refractivity contribution in [2.24, 2.45) is 0 Å². The van der Waals surface area contributed by atoms with Gasteiger partial charge in [0.2, 0.25) is 0 Å². The summed E-state index contributed by atoms with van der Waals surface area (Å²) in [6.07, 6.45) is 0. The summed E-state index contributed by atoms with van der Waals surface area (Å²) < 4.78 is 5.05. The topological polar surface area (TPSA) is 58.6 Å². The lowest BCUT2D eigenvalue weighted by atomic mass is 10.2. The molecular formula is C16H15NO3S. The van der Waals surface area contributed by atoms with Gasteiger partial charge in [0.05, 0.1) is 18.5 Å². The number of amides is 1. The van der Waals surface area contributed by atoms with Crippen LogP contribution < -0.4 is 10.1 Å². The van der Waals surface area contributed by atoms with E-state index in [2.05, 4.69) is 17.2 Å². The van der Waals surface area contributed by atoms with Crippen LogP contribution in [0.4, 0.5) is 0 Å². The number of carbonyl (C=O) groups is 1. The number of aliphatic hydroxyl groups is 1. The van der Waals surface area contributed by atoms with Crippen molar-refractivity contribution in [3.63, 3.8) is 0 Å². The second kappa shape index (κ2) is 7.48. The molecule has 1 aromatic carbocycles. The Morgan fingerprint density at radius 3 is 2.71 bits per heavy atom. The van der Waals surface area contributed by atoms with E-state index in [0.29, 0.717) is 12.1 Å². The molecule has 4 nitrogen and oxygen atoms in total. The zero-order valence-corrected chi connectivity index (χ0v) is 12.4. The van der Waals surface area contributed by atoms with Crippen molar-refractivity contribution >= 4 is 17.2 Å². The lowest BCUT2D eigenvalue weighted by molar-refractivity contribution is 0.0951. The number of methoxy groups -OCH3 is 1. The monoisotopic (exact) mass is 301 g/mol. The Bertz CT molecular complexity index is 665. The van der Waals surface area contributed by atoms with E-state index in [-0.39, 0.29) is 12.5 Å². The largest absolute Gasteiger partial charge is 0.497 e. The highest BCUT2D eigenvalue weighted by Gasteiger charge is 2.06. The minimum Gasteiger partial charge on any atom is -0.497 e. The zero-order chi connectivity index (χ0) is 15.1. The van der Waals surface area contributed by atoms with Gasteiger partial charge >= 0.3 is 0 Å². The summed E-state index contributed by atoms with van der Waals surface area (Å²) in [5, 5.41) is 11.5. The summed E-state index contributed by atoms with van der Waals surface area (Å²) in [6.45, 7) is 0.303. The molecule has 1 heterocycles. The lowest BCUT2D eigenvalue weighted by Crippen LogP contribution is -2.22. The third-order valence-electron chi connectivity index (χ3n) is 2.73. The van der Waals surface area contributed by atoms with Gasteiger partial charge in [0.25, 0.3) is 5.91 Å². The van der Waals surface area contributed by atoms with Gasteiger partial charge in [-0.3, -0.25) is 4.79 Å². The average Bonchev–Trinajstić information content (AvgIpc) is 2.98. The lowest BCUT2D eigenvalue weighted by Gasteiger charge is -2.04. The predicted molar refractivity (Wildman–Crippen MR) is 82.4 cm³/mol. The first-order valence-corrected chi connectivity index (χ1v) is 7.15. The molecule has 1 amide bonds. The van der Waals surface area contributed by atoms with Crippen LogP contribution >= 0.6 is 11.3 Å². The summed E-state index contributed by atoms with van der Waals surface area (Å²) in [4.78, 5) is 13.9. The quantitative estimate of drug-likeness (QED) is 0.850. The molecule has 0 bridgehead atoms. The first kappa shape index (κ1) is 15.1. The molecule has 21 heavy (non-hydrogen) atoms. The number of hydrogen-bond acceptors (Lipinski definition) is 4. The first-order valence-electron chi connectivity index (χ1n) is 6.33. The predicted octanol–water partition coefficient (Wildman–Crippen LogP) is 2.03. The summed E-state index contributed by atoms with van der Waals surface area (Å²) in [7, 11) is 1.59. The molecule has 0 unspecified atom stereocenters. The van der Waals surface area contributed by atoms with Crippen LogP contribution in [-0.4, -0.2) is 24.7 Å². The summed E-state index contributed by atoms with van der Waals surface area (Å²) in [6, 6.07) is 10.7. The third-order valence-corrected chi connectivity index (χ3v) is 3.73. The van der Waals surface area contributed by atoms with Gasteiger partial charge in [0.1, 0.15) is 12.4 Å². The number of thiophene rings is 1. The Morgan fingerprint density at radius 1 is 1.29 bits per heavy atom. The van der Waals surface area contributed by atoms with Crippen molar-refractivity contribution in [3.8, 4) is 17.6 Å². The van der Waals surface area contributed by atoms with Crippen LogP contribution in [0.5, 0.6) is 5.75 Å². The first-order chi connectivity index (χ1) is 10.2. The van der Waals surface area contributed by atoms with Gasteiger partial charge in [-0.25, -0.2) is 0 Å². The SMILES string of the molecule is COc1ccc(C(=O)NCc2ccc(C#CCO)s2)cc1. The van der Waals surface area contributed by atoms with E-state index in [0.717, 1.165) is 15.5 Å². The normalized spacial score (nSPS) is 9.62. The van der Waals surface area contributed by atoms with Gasteiger partial charge in [0, 0.05) is 10.4 Å². The third kappa shape index (κ3) is 4.35. The highest BCUT2D eigenvalue weighted by molar-refractivity contribution is 7.12.